The Morgan fingerprint density at radius 1 is 0.345 bits per heavy atom. The number of thiophene rings is 3. The second kappa shape index (κ2) is 21.3. The molecule has 4 heterocycles. The lowest BCUT2D eigenvalue weighted by Gasteiger charge is -2.45. The molecule has 3 nitrogen and oxygen atoms in total. The Kier molecular flexibility index (Phi) is 13.7. The first-order chi connectivity index (χ1) is 40.8. The molecule has 0 saturated heterocycles. The van der Waals surface area contributed by atoms with Gasteiger partial charge in [0.1, 0.15) is 10.0 Å². The average Bonchev–Trinajstić information content (AvgIpc) is 1.47. The van der Waals surface area contributed by atoms with Gasteiger partial charge in [-0.15, -0.1) is 34.0 Å². The zero-order valence-electron chi connectivity index (χ0n) is 49.7. The third kappa shape index (κ3) is 8.86. The number of hydrogen-bond donors (Lipinski definition) is 0. The van der Waals surface area contributed by atoms with Gasteiger partial charge in [-0.3, -0.25) is 0 Å². The lowest BCUT2D eigenvalue weighted by molar-refractivity contribution is 0.758. The van der Waals surface area contributed by atoms with Crippen molar-refractivity contribution in [2.75, 3.05) is 14.7 Å². The van der Waals surface area contributed by atoms with Crippen molar-refractivity contribution < 1.29 is 0 Å². The van der Waals surface area contributed by atoms with Crippen LogP contribution in [0, 0.1) is 0 Å². The zero-order chi connectivity index (χ0) is 57.7. The van der Waals surface area contributed by atoms with E-state index in [1.165, 1.54) is 113 Å². The van der Waals surface area contributed by atoms with Gasteiger partial charge in [0, 0.05) is 43.9 Å². The van der Waals surface area contributed by atoms with Crippen LogP contribution < -0.4 is 14.7 Å². The number of benzene rings is 9. The summed E-state index contributed by atoms with van der Waals surface area (Å²) in [7, 11) is 0. The van der Waals surface area contributed by atoms with E-state index in [2.05, 4.69) is 302 Å². The van der Waals surface area contributed by atoms with Crippen molar-refractivity contribution in [3.63, 3.8) is 0 Å². The summed E-state index contributed by atoms with van der Waals surface area (Å²) in [5.41, 5.74) is 21.8. The normalized spacial score (nSPS) is 13.2. The molecule has 0 radical (unpaired) electrons. The number of hydrogen-bond acceptors (Lipinski definition) is 6. The minimum atomic E-state index is -0.742. The molecule has 0 amide bonds. The molecule has 14 rings (SSSR count). The SMILES string of the molecule is CC(C)c1ccc(-c2ccc3c(c2)N(c2ccc(C(C)C)cc2)c2c(ccc4c2sc2ccc(C(C)C)cc24)C32c3cc(N(c4ccccc4)c4ccc(C(C)C)cc4)sc3-c3sc(N(c4ccccc4)c4ccc(C(C)C)cc4)cc32)cc1. The molecule has 1 spiro atoms. The summed E-state index contributed by atoms with van der Waals surface area (Å²) in [4.78, 5) is 10.3. The van der Waals surface area contributed by atoms with Crippen LogP contribution in [-0.2, 0) is 5.41 Å². The van der Waals surface area contributed by atoms with Gasteiger partial charge in [-0.2, -0.15) is 0 Å². The molecule has 2 aliphatic rings. The maximum absolute atomic E-state index is 2.66. The second-order valence-corrected chi connectivity index (χ2v) is 27.8. The predicted molar refractivity (Wildman–Crippen MR) is 366 cm³/mol. The minimum Gasteiger partial charge on any atom is -0.308 e. The number of para-hydroxylation sites is 2. The van der Waals surface area contributed by atoms with E-state index in [0.717, 1.165) is 28.4 Å². The van der Waals surface area contributed by atoms with Gasteiger partial charge in [0.25, 0.3) is 0 Å². The van der Waals surface area contributed by atoms with E-state index in [4.69, 9.17) is 0 Å². The van der Waals surface area contributed by atoms with Crippen LogP contribution in [0.1, 0.15) is 149 Å². The van der Waals surface area contributed by atoms with Gasteiger partial charge in [-0.05, 0) is 182 Å². The second-order valence-electron chi connectivity index (χ2n) is 24.7. The van der Waals surface area contributed by atoms with Crippen molar-refractivity contribution in [1.29, 1.82) is 0 Å². The van der Waals surface area contributed by atoms with E-state index in [0.29, 0.717) is 29.6 Å². The Morgan fingerprint density at radius 3 is 1.26 bits per heavy atom. The third-order valence-electron chi connectivity index (χ3n) is 17.9. The number of nitrogens with zero attached hydrogens (tertiary/aromatic N) is 3. The van der Waals surface area contributed by atoms with Crippen LogP contribution in [0.15, 0.2) is 218 Å². The molecular weight excluding hydrogens is 1080 g/mol. The predicted octanol–water partition coefficient (Wildman–Crippen LogP) is 24.5. The molecule has 0 atom stereocenters. The maximum Gasteiger partial charge on any atom is 0.101 e. The Hall–Kier alpha value is -8.00. The van der Waals surface area contributed by atoms with E-state index in [-0.39, 0.29) is 0 Å². The van der Waals surface area contributed by atoms with Crippen molar-refractivity contribution in [2.45, 2.75) is 104 Å². The molecule has 0 fully saturated rings. The number of rotatable bonds is 13. The molecule has 1 aliphatic carbocycles. The van der Waals surface area contributed by atoms with Crippen LogP contribution in [0.25, 0.3) is 41.1 Å². The highest BCUT2D eigenvalue weighted by molar-refractivity contribution is 7.27. The first-order valence-corrected chi connectivity index (χ1v) is 32.6. The van der Waals surface area contributed by atoms with Crippen molar-refractivity contribution in [3.05, 3.63) is 268 Å². The van der Waals surface area contributed by atoms with Crippen molar-refractivity contribution in [2.24, 2.45) is 0 Å². The molecule has 0 unspecified atom stereocenters. The molecule has 84 heavy (non-hydrogen) atoms. The molecule has 3 aromatic heterocycles. The highest BCUT2D eigenvalue weighted by Crippen LogP contribution is 2.70. The van der Waals surface area contributed by atoms with Gasteiger partial charge in [0.05, 0.1) is 31.2 Å². The smallest absolute Gasteiger partial charge is 0.101 e. The largest absolute Gasteiger partial charge is 0.308 e. The molecule has 0 N–H and O–H groups in total. The molecule has 6 heteroatoms. The third-order valence-corrected chi connectivity index (χ3v) is 21.5. The summed E-state index contributed by atoms with van der Waals surface area (Å²) < 4.78 is 2.62. The zero-order valence-corrected chi connectivity index (χ0v) is 52.2. The molecule has 0 bridgehead atoms. The van der Waals surface area contributed by atoms with E-state index in [1.807, 2.05) is 34.0 Å². The molecule has 1 aliphatic heterocycles. The quantitative estimate of drug-likeness (QED) is 0.114. The van der Waals surface area contributed by atoms with E-state index >= 15 is 0 Å². The topological polar surface area (TPSA) is 9.72 Å². The lowest BCUT2D eigenvalue weighted by Crippen LogP contribution is -2.36. The number of fused-ring (bicyclic) bond motifs is 13. The Balaban J connectivity index is 1.12. The first kappa shape index (κ1) is 54.0. The van der Waals surface area contributed by atoms with E-state index in [9.17, 15) is 0 Å². The summed E-state index contributed by atoms with van der Waals surface area (Å²) >= 11 is 5.82. The fourth-order valence-electron chi connectivity index (χ4n) is 13.1. The van der Waals surface area contributed by atoms with Crippen LogP contribution in [-0.4, -0.2) is 0 Å². The fourth-order valence-corrected chi connectivity index (χ4v) is 17.0. The van der Waals surface area contributed by atoms with Crippen molar-refractivity contribution in [3.8, 4) is 20.9 Å². The van der Waals surface area contributed by atoms with Gasteiger partial charge >= 0.3 is 0 Å². The molecule has 9 aromatic carbocycles. The Labute approximate surface area is 508 Å². The van der Waals surface area contributed by atoms with Gasteiger partial charge in [0.2, 0.25) is 0 Å². The fraction of sp³-hybridized carbons (Fsp3) is 0.205. The van der Waals surface area contributed by atoms with Crippen LogP contribution >= 0.6 is 34.0 Å². The minimum absolute atomic E-state index is 0.399. The van der Waals surface area contributed by atoms with E-state index in [1.54, 1.807) is 0 Å². The summed E-state index contributed by atoms with van der Waals surface area (Å²) in [5.74, 6) is 2.09. The van der Waals surface area contributed by atoms with Gasteiger partial charge in [0.15, 0.2) is 0 Å². The van der Waals surface area contributed by atoms with Crippen LogP contribution in [0.2, 0.25) is 0 Å². The first-order valence-electron chi connectivity index (χ1n) is 30.1. The standard InChI is InChI=1S/C78H71N3S3/c1-47(2)52-21-23-56(24-22-52)58-31-40-66-70(44-58)81(63-37-29-55(30-38-63)50(7)8)74-67(41-39-64-65-43-57(51(9)10)32-42-71(65)82-75(64)74)78(66)68-45-72(79(59-17-13-11-14-18-59)61-33-25-53(26-34-61)48(3)4)83-76(68)77-69(78)46-73(84-77)80(60-19-15-12-16-20-60)62-35-27-54(28-36-62)49(5)6/h11-51H,1-10H3. The monoisotopic (exact) mass is 1150 g/mol. The molecule has 12 aromatic rings. The van der Waals surface area contributed by atoms with Crippen molar-refractivity contribution in [1.82, 2.24) is 0 Å². The maximum atomic E-state index is 2.66. The van der Waals surface area contributed by atoms with Gasteiger partial charge in [-0.25, -0.2) is 0 Å². The summed E-state index contributed by atoms with van der Waals surface area (Å²) in [6.07, 6.45) is 0. The molecule has 0 saturated carbocycles. The summed E-state index contributed by atoms with van der Waals surface area (Å²) in [6.45, 7) is 22.9. The van der Waals surface area contributed by atoms with Gasteiger partial charge < -0.3 is 14.7 Å². The summed E-state index contributed by atoms with van der Waals surface area (Å²) in [5, 5.41) is 5.00. The summed E-state index contributed by atoms with van der Waals surface area (Å²) in [6, 6.07) is 84.2. The lowest BCUT2D eigenvalue weighted by atomic mass is 9.65. The molecule has 416 valence electrons. The highest BCUT2D eigenvalue weighted by atomic mass is 32.1. The highest BCUT2D eigenvalue weighted by Gasteiger charge is 2.55. The average molecular weight is 1150 g/mol. The Bertz CT molecular complexity index is 4250. The molecular formula is C78H71N3S3. The van der Waals surface area contributed by atoms with Crippen molar-refractivity contribution >= 4 is 104 Å². The van der Waals surface area contributed by atoms with E-state index < -0.39 is 5.41 Å². The Morgan fingerprint density at radius 2 is 0.774 bits per heavy atom. The number of anilines is 9. The van der Waals surface area contributed by atoms with Crippen LogP contribution in [0.4, 0.5) is 49.8 Å². The van der Waals surface area contributed by atoms with Gasteiger partial charge in [-0.1, -0.05) is 197 Å². The van der Waals surface area contributed by atoms with Crippen LogP contribution in [0.5, 0.6) is 0 Å². The van der Waals surface area contributed by atoms with Crippen LogP contribution in [0.3, 0.4) is 0 Å².